The minimum absolute atomic E-state index is 0.170. The van der Waals surface area contributed by atoms with E-state index in [4.69, 9.17) is 0 Å². The highest BCUT2D eigenvalue weighted by atomic mass is 32.2. The molecule has 0 aliphatic rings. The second-order valence-electron chi connectivity index (χ2n) is 5.48. The lowest BCUT2D eigenvalue weighted by molar-refractivity contribution is 0.572. The Kier molecular flexibility index (Phi) is 6.16. The van der Waals surface area contributed by atoms with Crippen molar-refractivity contribution >= 4 is 11.8 Å². The van der Waals surface area contributed by atoms with Gasteiger partial charge in [-0.25, -0.2) is 4.39 Å². The summed E-state index contributed by atoms with van der Waals surface area (Å²) >= 11 is 1.93. The average molecular weight is 269 g/mol. The van der Waals surface area contributed by atoms with Crippen molar-refractivity contribution in [1.29, 1.82) is 0 Å². The van der Waals surface area contributed by atoms with Crippen LogP contribution in [0.4, 0.5) is 4.39 Å². The van der Waals surface area contributed by atoms with Crippen LogP contribution in [0.3, 0.4) is 0 Å². The molecule has 1 aromatic rings. The van der Waals surface area contributed by atoms with Gasteiger partial charge in [0.2, 0.25) is 0 Å². The fraction of sp³-hybridized carbons (Fsp3) is 0.600. The standard InChI is InChI=1S/C15H24FNS/c1-5-10-17-14(11-18-15(2,3)4)12-6-8-13(16)9-7-12/h6-9,14,17H,5,10-11H2,1-4H3. The average Bonchev–Trinajstić information content (AvgIpc) is 2.29. The Morgan fingerprint density at radius 3 is 2.33 bits per heavy atom. The summed E-state index contributed by atoms with van der Waals surface area (Å²) in [6, 6.07) is 7.14. The maximum atomic E-state index is 13.0. The Hall–Kier alpha value is -0.540. The number of benzene rings is 1. The van der Waals surface area contributed by atoms with Crippen LogP contribution in [0.5, 0.6) is 0 Å². The van der Waals surface area contributed by atoms with Crippen molar-refractivity contribution in [3.05, 3.63) is 35.6 Å². The molecule has 1 N–H and O–H groups in total. The van der Waals surface area contributed by atoms with Crippen LogP contribution in [-0.4, -0.2) is 17.0 Å². The van der Waals surface area contributed by atoms with Gasteiger partial charge in [0.25, 0.3) is 0 Å². The van der Waals surface area contributed by atoms with Crippen molar-refractivity contribution in [3.8, 4) is 0 Å². The highest BCUT2D eigenvalue weighted by molar-refractivity contribution is 8.00. The van der Waals surface area contributed by atoms with Crippen molar-refractivity contribution in [2.45, 2.75) is 44.9 Å². The van der Waals surface area contributed by atoms with E-state index >= 15 is 0 Å². The van der Waals surface area contributed by atoms with Crippen LogP contribution >= 0.6 is 11.8 Å². The van der Waals surface area contributed by atoms with E-state index in [1.165, 1.54) is 17.7 Å². The van der Waals surface area contributed by atoms with Crippen molar-refractivity contribution < 1.29 is 4.39 Å². The molecule has 0 saturated heterocycles. The van der Waals surface area contributed by atoms with Gasteiger partial charge in [-0.2, -0.15) is 11.8 Å². The van der Waals surface area contributed by atoms with E-state index in [1.807, 2.05) is 23.9 Å². The molecule has 1 aromatic carbocycles. The van der Waals surface area contributed by atoms with Crippen LogP contribution in [-0.2, 0) is 0 Å². The molecule has 102 valence electrons. The predicted molar refractivity (Wildman–Crippen MR) is 79.6 cm³/mol. The molecule has 0 aliphatic carbocycles. The lowest BCUT2D eigenvalue weighted by atomic mass is 10.1. The quantitative estimate of drug-likeness (QED) is 0.821. The van der Waals surface area contributed by atoms with Gasteiger partial charge >= 0.3 is 0 Å². The first-order valence-electron chi connectivity index (χ1n) is 6.55. The second-order valence-corrected chi connectivity index (χ2v) is 7.33. The molecule has 0 spiro atoms. The third kappa shape index (κ3) is 5.87. The van der Waals surface area contributed by atoms with E-state index in [0.29, 0.717) is 6.04 Å². The molecule has 0 aromatic heterocycles. The van der Waals surface area contributed by atoms with Gasteiger partial charge in [0.1, 0.15) is 5.82 Å². The van der Waals surface area contributed by atoms with Crippen LogP contribution in [0.2, 0.25) is 0 Å². The van der Waals surface area contributed by atoms with Gasteiger partial charge in [-0.1, -0.05) is 39.8 Å². The first-order chi connectivity index (χ1) is 8.42. The molecular formula is C15H24FNS. The number of thioether (sulfide) groups is 1. The largest absolute Gasteiger partial charge is 0.309 e. The maximum Gasteiger partial charge on any atom is 0.123 e. The molecule has 1 nitrogen and oxygen atoms in total. The first-order valence-corrected chi connectivity index (χ1v) is 7.54. The third-order valence-corrected chi connectivity index (χ3v) is 3.96. The lowest BCUT2D eigenvalue weighted by Crippen LogP contribution is -2.26. The lowest BCUT2D eigenvalue weighted by Gasteiger charge is -2.24. The van der Waals surface area contributed by atoms with E-state index < -0.39 is 0 Å². The van der Waals surface area contributed by atoms with E-state index in [9.17, 15) is 4.39 Å². The fourth-order valence-corrected chi connectivity index (χ4v) is 2.60. The highest BCUT2D eigenvalue weighted by Crippen LogP contribution is 2.28. The monoisotopic (exact) mass is 269 g/mol. The number of halogens is 1. The summed E-state index contributed by atoms with van der Waals surface area (Å²) in [5.41, 5.74) is 1.17. The first kappa shape index (κ1) is 15.5. The summed E-state index contributed by atoms with van der Waals surface area (Å²) in [7, 11) is 0. The van der Waals surface area contributed by atoms with Gasteiger partial charge in [-0.15, -0.1) is 0 Å². The number of nitrogens with one attached hydrogen (secondary N) is 1. The summed E-state index contributed by atoms with van der Waals surface area (Å²) in [6.07, 6.45) is 1.11. The Bertz CT molecular complexity index is 343. The van der Waals surface area contributed by atoms with E-state index in [1.54, 1.807) is 0 Å². The van der Waals surface area contributed by atoms with Gasteiger partial charge in [-0.3, -0.25) is 0 Å². The molecule has 0 saturated carbocycles. The van der Waals surface area contributed by atoms with Gasteiger partial charge < -0.3 is 5.32 Å². The Morgan fingerprint density at radius 1 is 1.22 bits per heavy atom. The fourth-order valence-electron chi connectivity index (χ4n) is 1.62. The zero-order chi connectivity index (χ0) is 13.6. The minimum Gasteiger partial charge on any atom is -0.309 e. The predicted octanol–water partition coefficient (Wildman–Crippen LogP) is 4.40. The summed E-state index contributed by atoms with van der Waals surface area (Å²) in [5, 5.41) is 3.53. The van der Waals surface area contributed by atoms with E-state index in [0.717, 1.165) is 18.7 Å². The molecule has 0 amide bonds. The zero-order valence-corrected chi connectivity index (χ0v) is 12.6. The third-order valence-electron chi connectivity index (χ3n) is 2.60. The number of rotatable bonds is 6. The smallest absolute Gasteiger partial charge is 0.123 e. The number of hydrogen-bond acceptors (Lipinski definition) is 2. The summed E-state index contributed by atoms with van der Waals surface area (Å²) in [6.45, 7) is 9.82. The molecule has 1 unspecified atom stereocenters. The Labute approximate surface area is 115 Å². The van der Waals surface area contributed by atoms with Crippen LogP contribution in [0.15, 0.2) is 24.3 Å². The molecule has 3 heteroatoms. The maximum absolute atomic E-state index is 13.0. The summed E-state index contributed by atoms with van der Waals surface area (Å²) in [5.74, 6) is 0.839. The minimum atomic E-state index is -0.170. The Balaban J connectivity index is 2.68. The Morgan fingerprint density at radius 2 is 1.83 bits per heavy atom. The van der Waals surface area contributed by atoms with Gasteiger partial charge in [0.05, 0.1) is 0 Å². The van der Waals surface area contributed by atoms with Crippen molar-refractivity contribution in [1.82, 2.24) is 5.32 Å². The zero-order valence-electron chi connectivity index (χ0n) is 11.8. The normalized spacial score (nSPS) is 13.6. The van der Waals surface area contributed by atoms with Crippen molar-refractivity contribution in [2.75, 3.05) is 12.3 Å². The molecule has 0 fully saturated rings. The van der Waals surface area contributed by atoms with Crippen LogP contribution in [0.25, 0.3) is 0 Å². The topological polar surface area (TPSA) is 12.0 Å². The molecule has 0 radical (unpaired) electrons. The van der Waals surface area contributed by atoms with Crippen molar-refractivity contribution in [2.24, 2.45) is 0 Å². The van der Waals surface area contributed by atoms with E-state index in [-0.39, 0.29) is 10.6 Å². The van der Waals surface area contributed by atoms with E-state index in [2.05, 4.69) is 33.0 Å². The molecule has 0 heterocycles. The molecule has 0 aliphatic heterocycles. The molecule has 0 bridgehead atoms. The van der Waals surface area contributed by atoms with Crippen molar-refractivity contribution in [3.63, 3.8) is 0 Å². The van der Waals surface area contributed by atoms with Crippen LogP contribution in [0, 0.1) is 5.82 Å². The second kappa shape index (κ2) is 7.15. The molecular weight excluding hydrogens is 245 g/mol. The summed E-state index contributed by atoms with van der Waals surface area (Å²) < 4.78 is 13.2. The molecule has 1 atom stereocenters. The highest BCUT2D eigenvalue weighted by Gasteiger charge is 2.16. The molecule has 18 heavy (non-hydrogen) atoms. The van der Waals surface area contributed by atoms with Crippen LogP contribution < -0.4 is 5.32 Å². The number of hydrogen-bond donors (Lipinski definition) is 1. The van der Waals surface area contributed by atoms with Gasteiger partial charge in [0.15, 0.2) is 0 Å². The van der Waals surface area contributed by atoms with Gasteiger partial charge in [-0.05, 0) is 30.7 Å². The summed E-state index contributed by atoms with van der Waals surface area (Å²) in [4.78, 5) is 0. The SMILES string of the molecule is CCCNC(CSC(C)(C)C)c1ccc(F)cc1. The molecule has 1 rings (SSSR count). The van der Waals surface area contributed by atoms with Gasteiger partial charge in [0, 0.05) is 16.5 Å². The van der Waals surface area contributed by atoms with Crippen LogP contribution in [0.1, 0.15) is 45.7 Å².